The third-order valence-electron chi connectivity index (χ3n) is 4.06. The molecule has 3 N–H and O–H groups in total. The number of carbonyl (C=O) groups is 1. The highest BCUT2D eigenvalue weighted by Gasteiger charge is 2.32. The Labute approximate surface area is 129 Å². The Hall–Kier alpha value is -1.63. The summed E-state index contributed by atoms with van der Waals surface area (Å²) in [6.45, 7) is 2.32. The van der Waals surface area contributed by atoms with Crippen LogP contribution in [0.3, 0.4) is 0 Å². The molecule has 2 heterocycles. The Morgan fingerprint density at radius 3 is 3.00 bits per heavy atom. The van der Waals surface area contributed by atoms with Crippen LogP contribution in [-0.4, -0.2) is 53.7 Å². The third kappa shape index (κ3) is 3.24. The van der Waals surface area contributed by atoms with E-state index in [1.54, 1.807) is 0 Å². The minimum atomic E-state index is -0.994. The summed E-state index contributed by atoms with van der Waals surface area (Å²) in [5, 5.41) is 22.1. The molecule has 1 fully saturated rings. The maximum Gasteiger partial charge on any atom is 0.224 e. The van der Waals surface area contributed by atoms with Crippen molar-refractivity contribution in [2.75, 3.05) is 13.2 Å². The summed E-state index contributed by atoms with van der Waals surface area (Å²) in [6.07, 6.45) is -0.701. The molecule has 0 aromatic heterocycles. The molecule has 6 nitrogen and oxygen atoms in total. The first-order chi connectivity index (χ1) is 10.5. The predicted molar refractivity (Wildman–Crippen MR) is 78.7 cm³/mol. The third-order valence-corrected chi connectivity index (χ3v) is 4.06. The van der Waals surface area contributed by atoms with E-state index < -0.39 is 18.2 Å². The molecule has 1 aromatic carbocycles. The minimum Gasteiger partial charge on any atom is -0.490 e. The number of fused-ring (bicyclic) bond motifs is 1. The van der Waals surface area contributed by atoms with Crippen molar-refractivity contribution in [1.29, 1.82) is 0 Å². The lowest BCUT2D eigenvalue weighted by Gasteiger charge is -2.32. The molecule has 120 valence electrons. The molecule has 2 aliphatic heterocycles. The Morgan fingerprint density at radius 1 is 1.36 bits per heavy atom. The summed E-state index contributed by atoms with van der Waals surface area (Å²) in [4.78, 5) is 12.1. The molecule has 6 heteroatoms. The smallest absolute Gasteiger partial charge is 0.224 e. The maximum atomic E-state index is 12.1. The fourth-order valence-electron chi connectivity index (χ4n) is 2.94. The lowest BCUT2D eigenvalue weighted by Crippen LogP contribution is -2.56. The first kappa shape index (κ1) is 15.3. The van der Waals surface area contributed by atoms with Crippen molar-refractivity contribution in [3.8, 4) is 5.75 Å². The van der Waals surface area contributed by atoms with Gasteiger partial charge >= 0.3 is 0 Å². The van der Waals surface area contributed by atoms with Crippen LogP contribution in [0.2, 0.25) is 0 Å². The molecule has 4 atom stereocenters. The van der Waals surface area contributed by atoms with Gasteiger partial charge in [-0.25, -0.2) is 0 Å². The van der Waals surface area contributed by atoms with Crippen LogP contribution in [0.4, 0.5) is 0 Å². The average molecular weight is 307 g/mol. The van der Waals surface area contributed by atoms with Crippen LogP contribution in [0.25, 0.3) is 0 Å². The number of carbonyl (C=O) groups excluding carboxylic acids is 1. The van der Waals surface area contributed by atoms with Gasteiger partial charge in [0.25, 0.3) is 0 Å². The zero-order chi connectivity index (χ0) is 15.7. The number of benzene rings is 1. The summed E-state index contributed by atoms with van der Waals surface area (Å²) in [5.41, 5.74) is 2.02. The Bertz CT molecular complexity index is 561. The molecule has 1 unspecified atom stereocenters. The van der Waals surface area contributed by atoms with Crippen LogP contribution < -0.4 is 10.1 Å². The molecular formula is C16H21NO5. The van der Waals surface area contributed by atoms with Gasteiger partial charge in [-0.05, 0) is 24.1 Å². The first-order valence-electron chi connectivity index (χ1n) is 7.54. The fraction of sp³-hybridized carbons (Fsp3) is 0.562. The number of rotatable bonds is 3. The highest BCUT2D eigenvalue weighted by molar-refractivity contribution is 5.79. The van der Waals surface area contributed by atoms with Gasteiger partial charge in [-0.2, -0.15) is 0 Å². The van der Waals surface area contributed by atoms with E-state index in [1.165, 1.54) is 0 Å². The molecule has 0 aliphatic carbocycles. The van der Waals surface area contributed by atoms with Gasteiger partial charge < -0.3 is 25.0 Å². The zero-order valence-electron chi connectivity index (χ0n) is 12.5. The Morgan fingerprint density at radius 2 is 2.18 bits per heavy atom. The van der Waals surface area contributed by atoms with E-state index in [0.717, 1.165) is 23.3 Å². The molecule has 2 aliphatic rings. The number of nitrogens with one attached hydrogen (secondary N) is 1. The minimum absolute atomic E-state index is 0.0938. The molecular weight excluding hydrogens is 286 g/mol. The van der Waals surface area contributed by atoms with Crippen molar-refractivity contribution >= 4 is 5.91 Å². The number of amides is 1. The van der Waals surface area contributed by atoms with Crippen molar-refractivity contribution in [3.63, 3.8) is 0 Å². The van der Waals surface area contributed by atoms with Gasteiger partial charge in [-0.15, -0.1) is 0 Å². The Balaban J connectivity index is 1.59. The molecule has 0 saturated carbocycles. The largest absolute Gasteiger partial charge is 0.490 e. The maximum absolute atomic E-state index is 12.1. The van der Waals surface area contributed by atoms with E-state index in [1.807, 2.05) is 25.1 Å². The first-order valence-corrected chi connectivity index (χ1v) is 7.54. The van der Waals surface area contributed by atoms with Crippen LogP contribution in [0.15, 0.2) is 18.2 Å². The molecule has 1 aromatic rings. The Kier molecular flexibility index (Phi) is 4.33. The molecule has 0 radical (unpaired) electrons. The van der Waals surface area contributed by atoms with Crippen molar-refractivity contribution in [2.24, 2.45) is 0 Å². The van der Waals surface area contributed by atoms with Gasteiger partial charge in [-0.1, -0.05) is 12.1 Å². The molecule has 0 bridgehead atoms. The van der Waals surface area contributed by atoms with Gasteiger partial charge in [0.05, 0.1) is 25.7 Å². The van der Waals surface area contributed by atoms with E-state index in [4.69, 9.17) is 9.47 Å². The van der Waals surface area contributed by atoms with E-state index in [9.17, 15) is 15.0 Å². The fourth-order valence-corrected chi connectivity index (χ4v) is 2.94. The second kappa shape index (κ2) is 6.24. The van der Waals surface area contributed by atoms with Crippen molar-refractivity contribution < 1.29 is 24.5 Å². The van der Waals surface area contributed by atoms with Crippen LogP contribution in [-0.2, 0) is 22.4 Å². The lowest BCUT2D eigenvalue weighted by molar-refractivity contribution is -0.131. The van der Waals surface area contributed by atoms with Crippen molar-refractivity contribution in [1.82, 2.24) is 5.32 Å². The molecule has 1 amide bonds. The van der Waals surface area contributed by atoms with E-state index in [2.05, 4.69) is 5.32 Å². The van der Waals surface area contributed by atoms with Gasteiger partial charge in [0.2, 0.25) is 5.91 Å². The standard InChI is InChI=1S/C16H21NO5/c1-9-4-11-5-10(2-3-14(11)22-9)6-15(19)17-12-7-21-8-13(18)16(12)20/h2-3,5,9,12-13,16,18,20H,4,6-8H2,1H3,(H,17,19)/t9?,12-,13-,16+/m1/s1. The highest BCUT2D eigenvalue weighted by atomic mass is 16.5. The predicted octanol–water partition coefficient (Wildman–Crippen LogP) is -0.211. The van der Waals surface area contributed by atoms with Crippen LogP contribution in [0.1, 0.15) is 18.1 Å². The summed E-state index contributed by atoms with van der Waals surface area (Å²) in [5.74, 6) is 0.685. The van der Waals surface area contributed by atoms with Gasteiger partial charge in [0.1, 0.15) is 24.1 Å². The normalized spacial score (nSPS) is 30.5. The van der Waals surface area contributed by atoms with E-state index in [-0.39, 0.29) is 31.6 Å². The summed E-state index contributed by atoms with van der Waals surface area (Å²) in [7, 11) is 0. The van der Waals surface area contributed by atoms with Crippen LogP contribution >= 0.6 is 0 Å². The van der Waals surface area contributed by atoms with Gasteiger partial charge in [-0.3, -0.25) is 4.79 Å². The lowest BCUT2D eigenvalue weighted by atomic mass is 10.0. The van der Waals surface area contributed by atoms with Gasteiger partial charge in [0.15, 0.2) is 0 Å². The molecule has 1 saturated heterocycles. The second-order valence-corrected chi connectivity index (χ2v) is 6.02. The molecule has 0 spiro atoms. The number of ether oxygens (including phenoxy) is 2. The average Bonchev–Trinajstić information content (AvgIpc) is 2.83. The van der Waals surface area contributed by atoms with Crippen molar-refractivity contribution in [2.45, 2.75) is 44.1 Å². The zero-order valence-corrected chi connectivity index (χ0v) is 12.5. The second-order valence-electron chi connectivity index (χ2n) is 6.02. The summed E-state index contributed by atoms with van der Waals surface area (Å²) >= 11 is 0. The number of aliphatic hydroxyl groups excluding tert-OH is 2. The highest BCUT2D eigenvalue weighted by Crippen LogP contribution is 2.29. The van der Waals surface area contributed by atoms with Crippen LogP contribution in [0.5, 0.6) is 5.75 Å². The summed E-state index contributed by atoms with van der Waals surface area (Å²) in [6, 6.07) is 5.18. The number of hydrogen-bond acceptors (Lipinski definition) is 5. The van der Waals surface area contributed by atoms with Gasteiger partial charge in [0, 0.05) is 6.42 Å². The summed E-state index contributed by atoms with van der Waals surface area (Å²) < 4.78 is 10.8. The van der Waals surface area contributed by atoms with E-state index >= 15 is 0 Å². The molecule has 22 heavy (non-hydrogen) atoms. The van der Waals surface area contributed by atoms with Crippen molar-refractivity contribution in [3.05, 3.63) is 29.3 Å². The topological polar surface area (TPSA) is 88.0 Å². The monoisotopic (exact) mass is 307 g/mol. The molecule has 3 rings (SSSR count). The van der Waals surface area contributed by atoms with E-state index in [0.29, 0.717) is 0 Å². The SMILES string of the molecule is CC1Cc2cc(CC(=O)N[C@@H]3COC[C@@H](O)[C@H]3O)ccc2O1. The van der Waals surface area contributed by atoms with Crippen LogP contribution in [0, 0.1) is 0 Å². The number of aliphatic hydroxyl groups is 2. The number of hydrogen-bond donors (Lipinski definition) is 3. The quantitative estimate of drug-likeness (QED) is 0.719.